The van der Waals surface area contributed by atoms with Crippen LogP contribution >= 0.6 is 0 Å². The molecule has 1 saturated carbocycles. The van der Waals surface area contributed by atoms with Crippen LogP contribution in [0.1, 0.15) is 33.6 Å². The van der Waals surface area contributed by atoms with Gasteiger partial charge in [-0.05, 0) is 11.8 Å². The number of unbranched alkanes of at least 4 members (excludes halogenated alkanes) is 1. The summed E-state index contributed by atoms with van der Waals surface area (Å²) in [6, 6.07) is 0. The topological polar surface area (TPSA) is 101 Å². The fraction of sp³-hybridized carbons (Fsp3) is 0.909. The van der Waals surface area contributed by atoms with Gasteiger partial charge in [0.15, 0.2) is 5.44 Å². The SMILES string of the molecule is CCCCOC(=O)[C@H]1[C@H](C(O)S(=O)(=O)O)C1(C)C. The highest BCUT2D eigenvalue weighted by Crippen LogP contribution is 2.61. The molecule has 0 saturated heterocycles. The molecule has 0 heterocycles. The standard InChI is InChI=1S/C11H20O6S/c1-4-5-6-17-9(12)7-8(11(7,2)3)10(13)18(14,15)16/h7-8,10,13H,4-6H2,1-3H3,(H,14,15,16)/t7-,8-,10?/m1/s1. The van der Waals surface area contributed by atoms with E-state index in [1.165, 1.54) is 0 Å². The van der Waals surface area contributed by atoms with E-state index in [4.69, 9.17) is 9.29 Å². The summed E-state index contributed by atoms with van der Waals surface area (Å²) in [4.78, 5) is 11.7. The Hall–Kier alpha value is -0.660. The maximum absolute atomic E-state index is 11.7. The van der Waals surface area contributed by atoms with E-state index in [1.54, 1.807) is 13.8 Å². The molecular formula is C11H20O6S. The second kappa shape index (κ2) is 5.14. The number of carbonyl (C=O) groups excluding carboxylic acids is 1. The summed E-state index contributed by atoms with van der Waals surface area (Å²) >= 11 is 0. The Kier molecular flexibility index (Phi) is 4.40. The summed E-state index contributed by atoms with van der Waals surface area (Å²) in [5.74, 6) is -2.02. The highest BCUT2D eigenvalue weighted by atomic mass is 32.2. The Bertz CT molecular complexity index is 413. The molecule has 0 aromatic heterocycles. The predicted octanol–water partition coefficient (Wildman–Crippen LogP) is 0.808. The van der Waals surface area contributed by atoms with Crippen LogP contribution in [0, 0.1) is 17.3 Å². The molecule has 0 aromatic carbocycles. The molecule has 1 aliphatic rings. The largest absolute Gasteiger partial charge is 0.465 e. The van der Waals surface area contributed by atoms with Gasteiger partial charge in [-0.3, -0.25) is 9.35 Å². The van der Waals surface area contributed by atoms with Crippen molar-refractivity contribution in [2.24, 2.45) is 17.3 Å². The molecule has 18 heavy (non-hydrogen) atoms. The molecule has 106 valence electrons. The summed E-state index contributed by atoms with van der Waals surface area (Å²) < 4.78 is 35.6. The fourth-order valence-electron chi connectivity index (χ4n) is 2.25. The zero-order valence-corrected chi connectivity index (χ0v) is 11.6. The van der Waals surface area contributed by atoms with Crippen LogP contribution in [-0.2, 0) is 19.6 Å². The minimum absolute atomic E-state index is 0.288. The van der Waals surface area contributed by atoms with Gasteiger partial charge in [0.1, 0.15) is 0 Å². The van der Waals surface area contributed by atoms with Crippen molar-refractivity contribution in [1.82, 2.24) is 0 Å². The lowest BCUT2D eigenvalue weighted by atomic mass is 10.1. The first kappa shape index (κ1) is 15.4. The van der Waals surface area contributed by atoms with E-state index in [1.807, 2.05) is 6.92 Å². The number of rotatable bonds is 6. The van der Waals surface area contributed by atoms with Gasteiger partial charge in [-0.15, -0.1) is 0 Å². The van der Waals surface area contributed by atoms with Crippen LogP contribution in [0.4, 0.5) is 0 Å². The molecule has 1 unspecified atom stereocenters. The first-order valence-corrected chi connectivity index (χ1v) is 7.45. The van der Waals surface area contributed by atoms with Crippen LogP contribution in [-0.4, -0.2) is 36.1 Å². The smallest absolute Gasteiger partial charge is 0.309 e. The van der Waals surface area contributed by atoms with Crippen molar-refractivity contribution in [1.29, 1.82) is 0 Å². The Morgan fingerprint density at radius 2 is 2.00 bits per heavy atom. The van der Waals surface area contributed by atoms with Gasteiger partial charge in [0, 0.05) is 5.92 Å². The average molecular weight is 280 g/mol. The van der Waals surface area contributed by atoms with Crippen molar-refractivity contribution in [3.05, 3.63) is 0 Å². The van der Waals surface area contributed by atoms with Crippen molar-refractivity contribution in [2.75, 3.05) is 6.61 Å². The van der Waals surface area contributed by atoms with Crippen molar-refractivity contribution < 1.29 is 27.6 Å². The van der Waals surface area contributed by atoms with Gasteiger partial charge in [-0.2, -0.15) is 8.42 Å². The van der Waals surface area contributed by atoms with Crippen LogP contribution in [0.15, 0.2) is 0 Å². The highest BCUT2D eigenvalue weighted by Gasteiger charge is 2.67. The third kappa shape index (κ3) is 3.02. The van der Waals surface area contributed by atoms with E-state index >= 15 is 0 Å². The van der Waals surface area contributed by atoms with E-state index in [-0.39, 0.29) is 6.61 Å². The summed E-state index contributed by atoms with van der Waals surface area (Å²) in [7, 11) is -4.55. The molecule has 6 nitrogen and oxygen atoms in total. The molecule has 3 atom stereocenters. The number of esters is 1. The molecule has 7 heteroatoms. The van der Waals surface area contributed by atoms with E-state index in [0.717, 1.165) is 12.8 Å². The second-order valence-corrected chi connectivity index (χ2v) is 6.76. The first-order chi connectivity index (χ1) is 8.14. The average Bonchev–Trinajstić information content (AvgIpc) is 2.79. The number of hydrogen-bond donors (Lipinski definition) is 2. The zero-order valence-electron chi connectivity index (χ0n) is 10.8. The Morgan fingerprint density at radius 1 is 1.44 bits per heavy atom. The first-order valence-electron chi connectivity index (χ1n) is 5.95. The number of hydrogen-bond acceptors (Lipinski definition) is 5. The summed E-state index contributed by atoms with van der Waals surface area (Å²) in [6.07, 6.45) is 1.63. The van der Waals surface area contributed by atoms with Gasteiger partial charge < -0.3 is 9.84 Å². The normalized spacial score (nSPS) is 27.6. The van der Waals surface area contributed by atoms with Gasteiger partial charge in [-0.25, -0.2) is 0 Å². The molecule has 1 fully saturated rings. The molecule has 0 bridgehead atoms. The second-order valence-electron chi connectivity index (χ2n) is 5.25. The minimum Gasteiger partial charge on any atom is -0.465 e. The van der Waals surface area contributed by atoms with Crippen molar-refractivity contribution in [3.63, 3.8) is 0 Å². The molecule has 0 spiro atoms. The van der Waals surface area contributed by atoms with Crippen LogP contribution < -0.4 is 0 Å². The van der Waals surface area contributed by atoms with E-state index < -0.39 is 38.8 Å². The lowest BCUT2D eigenvalue weighted by Gasteiger charge is -2.07. The fourth-order valence-corrected chi connectivity index (χ4v) is 3.13. The third-order valence-electron chi connectivity index (χ3n) is 3.52. The monoisotopic (exact) mass is 280 g/mol. The Labute approximate surface area is 107 Å². The summed E-state index contributed by atoms with van der Waals surface area (Å²) in [5, 5.41) is 9.51. The molecule has 0 aliphatic heterocycles. The maximum atomic E-state index is 11.7. The van der Waals surface area contributed by atoms with E-state index in [0.29, 0.717) is 0 Å². The summed E-state index contributed by atoms with van der Waals surface area (Å²) in [5.41, 5.74) is -2.62. The van der Waals surface area contributed by atoms with Gasteiger partial charge in [0.05, 0.1) is 12.5 Å². The lowest BCUT2D eigenvalue weighted by molar-refractivity contribution is -0.146. The van der Waals surface area contributed by atoms with Gasteiger partial charge in [-0.1, -0.05) is 27.2 Å². The predicted molar refractivity (Wildman–Crippen MR) is 64.2 cm³/mol. The Balaban J connectivity index is 2.66. The number of carbonyl (C=O) groups is 1. The van der Waals surface area contributed by atoms with Crippen LogP contribution in [0.25, 0.3) is 0 Å². The van der Waals surface area contributed by atoms with Crippen LogP contribution in [0.5, 0.6) is 0 Å². The number of aliphatic hydroxyl groups excluding tert-OH is 1. The molecule has 0 radical (unpaired) electrons. The molecule has 0 aromatic rings. The maximum Gasteiger partial charge on any atom is 0.309 e. The van der Waals surface area contributed by atoms with Crippen molar-refractivity contribution in [2.45, 2.75) is 39.0 Å². The zero-order chi connectivity index (χ0) is 14.1. The number of ether oxygens (including phenoxy) is 1. The van der Waals surface area contributed by atoms with E-state index in [9.17, 15) is 18.3 Å². The van der Waals surface area contributed by atoms with Gasteiger partial charge in [0.25, 0.3) is 10.1 Å². The number of aliphatic hydroxyl groups is 1. The van der Waals surface area contributed by atoms with Crippen molar-refractivity contribution in [3.8, 4) is 0 Å². The Morgan fingerprint density at radius 3 is 2.44 bits per heavy atom. The molecule has 1 aliphatic carbocycles. The van der Waals surface area contributed by atoms with Gasteiger partial charge in [0.2, 0.25) is 0 Å². The molecule has 1 rings (SSSR count). The van der Waals surface area contributed by atoms with E-state index in [2.05, 4.69) is 0 Å². The van der Waals surface area contributed by atoms with Crippen LogP contribution in [0.2, 0.25) is 0 Å². The quantitative estimate of drug-likeness (QED) is 0.424. The van der Waals surface area contributed by atoms with Crippen LogP contribution in [0.3, 0.4) is 0 Å². The van der Waals surface area contributed by atoms with Gasteiger partial charge >= 0.3 is 5.97 Å². The van der Waals surface area contributed by atoms with Crippen molar-refractivity contribution >= 4 is 16.1 Å². The third-order valence-corrected chi connectivity index (χ3v) is 4.42. The lowest BCUT2D eigenvalue weighted by Crippen LogP contribution is -2.25. The molecule has 0 amide bonds. The highest BCUT2D eigenvalue weighted by molar-refractivity contribution is 7.86. The molecular weight excluding hydrogens is 260 g/mol. The summed E-state index contributed by atoms with van der Waals surface area (Å²) in [6.45, 7) is 5.58. The molecule has 2 N–H and O–H groups in total. The minimum atomic E-state index is -4.55.